The van der Waals surface area contributed by atoms with Crippen molar-refractivity contribution < 1.29 is 21.9 Å². The van der Waals surface area contributed by atoms with Crippen LogP contribution in [0.5, 0.6) is 0 Å². The van der Waals surface area contributed by atoms with Gasteiger partial charge in [-0.25, -0.2) is 21.9 Å². The minimum atomic E-state index is -3.86. The van der Waals surface area contributed by atoms with Crippen LogP contribution in [0.3, 0.4) is 0 Å². The highest BCUT2D eigenvalue weighted by Crippen LogP contribution is 2.13. The molecule has 1 aromatic rings. The van der Waals surface area contributed by atoms with Gasteiger partial charge in [-0.15, -0.1) is 0 Å². The topological polar surface area (TPSA) is 55.4 Å². The van der Waals surface area contributed by atoms with Gasteiger partial charge in [-0.2, -0.15) is 0 Å². The maximum Gasteiger partial charge on any atom is 0.240 e. The minimum Gasteiger partial charge on any atom is -0.383 e. The molecule has 0 saturated carbocycles. The molecule has 0 aromatic heterocycles. The first kappa shape index (κ1) is 14.0. The highest BCUT2D eigenvalue weighted by Gasteiger charge is 2.18. The van der Waals surface area contributed by atoms with Crippen LogP contribution in [0.1, 0.15) is 6.92 Å². The van der Waals surface area contributed by atoms with Gasteiger partial charge in [-0.1, -0.05) is 0 Å². The van der Waals surface area contributed by atoms with Crippen molar-refractivity contribution in [2.24, 2.45) is 0 Å². The predicted molar refractivity (Wildman–Crippen MR) is 58.0 cm³/mol. The Balaban J connectivity index is 2.93. The van der Waals surface area contributed by atoms with E-state index in [-0.39, 0.29) is 11.5 Å². The molecule has 7 heteroatoms. The van der Waals surface area contributed by atoms with Crippen molar-refractivity contribution in [2.75, 3.05) is 13.7 Å². The minimum absolute atomic E-state index is 0.183. The maximum absolute atomic E-state index is 12.9. The predicted octanol–water partition coefficient (Wildman–Crippen LogP) is 1.28. The van der Waals surface area contributed by atoms with Gasteiger partial charge in [0, 0.05) is 13.2 Å². The lowest BCUT2D eigenvalue weighted by molar-refractivity contribution is 0.180. The molecule has 0 fully saturated rings. The molecule has 96 valence electrons. The van der Waals surface area contributed by atoms with Gasteiger partial charge in [0.1, 0.15) is 0 Å². The largest absolute Gasteiger partial charge is 0.383 e. The summed E-state index contributed by atoms with van der Waals surface area (Å²) in [5.74, 6) is -2.29. The van der Waals surface area contributed by atoms with Crippen molar-refractivity contribution in [2.45, 2.75) is 17.9 Å². The van der Waals surface area contributed by atoms with E-state index in [1.165, 1.54) is 7.11 Å². The molecule has 0 bridgehead atoms. The summed E-state index contributed by atoms with van der Waals surface area (Å²) >= 11 is 0. The van der Waals surface area contributed by atoms with E-state index in [2.05, 4.69) is 4.72 Å². The molecule has 0 aliphatic heterocycles. The van der Waals surface area contributed by atoms with Gasteiger partial charge in [-0.05, 0) is 25.1 Å². The highest BCUT2D eigenvalue weighted by atomic mass is 32.2. The fourth-order valence-electron chi connectivity index (χ4n) is 1.26. The molecule has 0 saturated heterocycles. The van der Waals surface area contributed by atoms with E-state index >= 15 is 0 Å². The first-order chi connectivity index (χ1) is 7.86. The Morgan fingerprint density at radius 2 is 2.00 bits per heavy atom. The quantitative estimate of drug-likeness (QED) is 0.872. The number of benzene rings is 1. The summed E-state index contributed by atoms with van der Waals surface area (Å²) in [5.41, 5.74) is 0. The second kappa shape index (κ2) is 5.52. The van der Waals surface area contributed by atoms with Crippen molar-refractivity contribution >= 4 is 10.0 Å². The Hall–Kier alpha value is -1.05. The fourth-order valence-corrected chi connectivity index (χ4v) is 2.50. The van der Waals surface area contributed by atoms with Gasteiger partial charge in [0.2, 0.25) is 10.0 Å². The second-order valence-corrected chi connectivity index (χ2v) is 5.27. The van der Waals surface area contributed by atoms with Crippen LogP contribution in [0.25, 0.3) is 0 Å². The van der Waals surface area contributed by atoms with E-state index in [1.54, 1.807) is 6.92 Å². The van der Waals surface area contributed by atoms with Gasteiger partial charge in [0.05, 0.1) is 11.5 Å². The maximum atomic E-state index is 12.9. The molecule has 0 aliphatic rings. The second-order valence-electron chi connectivity index (χ2n) is 3.55. The Labute approximate surface area is 98.6 Å². The van der Waals surface area contributed by atoms with Gasteiger partial charge >= 0.3 is 0 Å². The summed E-state index contributed by atoms with van der Waals surface area (Å²) in [6, 6.07) is 1.95. The summed E-state index contributed by atoms with van der Waals surface area (Å²) in [6.45, 7) is 1.78. The van der Waals surface area contributed by atoms with Gasteiger partial charge in [-0.3, -0.25) is 0 Å². The Morgan fingerprint density at radius 3 is 2.53 bits per heavy atom. The van der Waals surface area contributed by atoms with Crippen LogP contribution in [-0.4, -0.2) is 28.2 Å². The molecule has 0 aliphatic carbocycles. The lowest BCUT2D eigenvalue weighted by Gasteiger charge is -2.13. The average molecular weight is 265 g/mol. The summed E-state index contributed by atoms with van der Waals surface area (Å²) < 4.78 is 56.1. The van der Waals surface area contributed by atoms with Gasteiger partial charge in [0.15, 0.2) is 11.6 Å². The number of hydrogen-bond donors (Lipinski definition) is 1. The summed E-state index contributed by atoms with van der Waals surface area (Å²) in [7, 11) is -2.42. The molecule has 0 radical (unpaired) electrons. The number of methoxy groups -OCH3 is 1. The van der Waals surface area contributed by atoms with Crippen LogP contribution in [0.15, 0.2) is 23.1 Å². The summed E-state index contributed by atoms with van der Waals surface area (Å²) in [6.07, 6.45) is 0. The van der Waals surface area contributed by atoms with Crippen molar-refractivity contribution in [3.63, 3.8) is 0 Å². The standard InChI is InChI=1S/C10H13F2NO3S/c1-7(6-16-2)13-17(14,15)8-3-4-9(11)10(12)5-8/h3-5,7,13H,6H2,1-2H3/t7-/m1/s1. The Kier molecular flexibility index (Phi) is 4.55. The number of rotatable bonds is 5. The first-order valence-corrected chi connectivity index (χ1v) is 6.31. The van der Waals surface area contributed by atoms with E-state index < -0.39 is 27.7 Å². The van der Waals surface area contributed by atoms with Crippen LogP contribution in [0, 0.1) is 11.6 Å². The van der Waals surface area contributed by atoms with E-state index in [1.807, 2.05) is 0 Å². The lowest BCUT2D eigenvalue weighted by Crippen LogP contribution is -2.35. The van der Waals surface area contributed by atoms with Crippen molar-refractivity contribution in [1.82, 2.24) is 4.72 Å². The zero-order valence-electron chi connectivity index (χ0n) is 9.41. The van der Waals surface area contributed by atoms with E-state index in [9.17, 15) is 17.2 Å². The Bertz CT molecular complexity index is 490. The van der Waals surface area contributed by atoms with Gasteiger partial charge in [0.25, 0.3) is 0 Å². The number of sulfonamides is 1. The normalized spacial score (nSPS) is 13.6. The van der Waals surface area contributed by atoms with Crippen LogP contribution < -0.4 is 4.72 Å². The molecule has 0 amide bonds. The third kappa shape index (κ3) is 3.72. The van der Waals surface area contributed by atoms with Crippen LogP contribution in [0.4, 0.5) is 8.78 Å². The van der Waals surface area contributed by atoms with E-state index in [0.29, 0.717) is 6.07 Å². The van der Waals surface area contributed by atoms with Crippen LogP contribution in [-0.2, 0) is 14.8 Å². The molecule has 0 heterocycles. The number of hydrogen-bond acceptors (Lipinski definition) is 3. The fraction of sp³-hybridized carbons (Fsp3) is 0.400. The average Bonchev–Trinajstić information content (AvgIpc) is 2.21. The zero-order chi connectivity index (χ0) is 13.1. The molecular formula is C10H13F2NO3S. The molecular weight excluding hydrogens is 252 g/mol. The summed E-state index contributed by atoms with van der Waals surface area (Å²) in [4.78, 5) is -0.320. The van der Waals surface area contributed by atoms with Crippen molar-refractivity contribution in [3.05, 3.63) is 29.8 Å². The first-order valence-electron chi connectivity index (χ1n) is 4.83. The van der Waals surface area contributed by atoms with E-state index in [0.717, 1.165) is 12.1 Å². The third-order valence-electron chi connectivity index (χ3n) is 1.97. The van der Waals surface area contributed by atoms with Gasteiger partial charge < -0.3 is 4.74 Å². The molecule has 17 heavy (non-hydrogen) atoms. The molecule has 1 N–H and O–H groups in total. The highest BCUT2D eigenvalue weighted by molar-refractivity contribution is 7.89. The number of nitrogens with one attached hydrogen (secondary N) is 1. The van der Waals surface area contributed by atoms with Crippen LogP contribution in [0.2, 0.25) is 0 Å². The molecule has 4 nitrogen and oxygen atoms in total. The molecule has 1 aromatic carbocycles. The number of halogens is 2. The zero-order valence-corrected chi connectivity index (χ0v) is 10.2. The van der Waals surface area contributed by atoms with Crippen LogP contribution >= 0.6 is 0 Å². The Morgan fingerprint density at radius 1 is 1.35 bits per heavy atom. The number of ether oxygens (including phenoxy) is 1. The molecule has 0 spiro atoms. The van der Waals surface area contributed by atoms with Crippen molar-refractivity contribution in [3.8, 4) is 0 Å². The molecule has 1 atom stereocenters. The SMILES string of the molecule is COC[C@@H](C)NS(=O)(=O)c1ccc(F)c(F)c1. The smallest absolute Gasteiger partial charge is 0.240 e. The molecule has 1 rings (SSSR count). The monoisotopic (exact) mass is 265 g/mol. The third-order valence-corrected chi connectivity index (χ3v) is 3.56. The molecule has 0 unspecified atom stereocenters. The van der Waals surface area contributed by atoms with E-state index in [4.69, 9.17) is 4.74 Å². The summed E-state index contributed by atoms with van der Waals surface area (Å²) in [5, 5.41) is 0. The lowest BCUT2D eigenvalue weighted by atomic mass is 10.3. The van der Waals surface area contributed by atoms with Crippen molar-refractivity contribution in [1.29, 1.82) is 0 Å².